The molecular weight excluding hydrogens is 224 g/mol. The Morgan fingerprint density at radius 1 is 1.17 bits per heavy atom. The average molecular weight is 242 g/mol. The Bertz CT molecular complexity index is 538. The number of likely N-dealkylation sites (N-methyl/N-ethyl adjacent to an activating group) is 1. The Kier molecular flexibility index (Phi) is 3.51. The summed E-state index contributed by atoms with van der Waals surface area (Å²) in [6, 6.07) is 12.2. The second-order valence-corrected chi connectivity index (χ2v) is 4.67. The first-order chi connectivity index (χ1) is 8.58. The van der Waals surface area contributed by atoms with Gasteiger partial charge in [-0.25, -0.2) is 0 Å². The minimum Gasteiger partial charge on any atom is -0.348 e. The number of nitrogens with zero attached hydrogens (tertiary/aromatic N) is 2. The van der Waals surface area contributed by atoms with Crippen molar-refractivity contribution >= 4 is 5.91 Å². The predicted molar refractivity (Wildman–Crippen MR) is 72.9 cm³/mol. The van der Waals surface area contributed by atoms with Gasteiger partial charge in [-0.2, -0.15) is 0 Å². The van der Waals surface area contributed by atoms with E-state index in [0.717, 1.165) is 11.4 Å². The smallest absolute Gasteiger partial charge is 0.228 e. The van der Waals surface area contributed by atoms with E-state index in [0.29, 0.717) is 6.42 Å². The highest BCUT2D eigenvalue weighted by Crippen LogP contribution is 2.14. The van der Waals surface area contributed by atoms with E-state index in [1.165, 1.54) is 5.56 Å². The van der Waals surface area contributed by atoms with Crippen LogP contribution in [0, 0.1) is 6.92 Å². The van der Waals surface area contributed by atoms with Crippen LogP contribution in [0.1, 0.15) is 11.3 Å². The summed E-state index contributed by atoms with van der Waals surface area (Å²) >= 11 is 0. The Morgan fingerprint density at radius 2 is 1.83 bits per heavy atom. The van der Waals surface area contributed by atoms with Gasteiger partial charge in [0, 0.05) is 31.7 Å². The van der Waals surface area contributed by atoms with Crippen molar-refractivity contribution in [2.75, 3.05) is 14.1 Å². The van der Waals surface area contributed by atoms with Crippen LogP contribution < -0.4 is 0 Å². The van der Waals surface area contributed by atoms with Gasteiger partial charge in [-0.1, -0.05) is 17.7 Å². The first-order valence-electron chi connectivity index (χ1n) is 6.01. The molecule has 0 atom stereocenters. The number of aryl methyl sites for hydroxylation is 1. The third kappa shape index (κ3) is 2.62. The van der Waals surface area contributed by atoms with Crippen LogP contribution in [0.4, 0.5) is 0 Å². The van der Waals surface area contributed by atoms with Crippen LogP contribution in [0.15, 0.2) is 42.6 Å². The Morgan fingerprint density at radius 3 is 2.44 bits per heavy atom. The quantitative estimate of drug-likeness (QED) is 0.811. The zero-order valence-corrected chi connectivity index (χ0v) is 11.1. The minimum atomic E-state index is 0.113. The number of hydrogen-bond acceptors (Lipinski definition) is 1. The maximum atomic E-state index is 11.8. The summed E-state index contributed by atoms with van der Waals surface area (Å²) in [5, 5.41) is 0. The molecule has 2 rings (SSSR count). The second kappa shape index (κ2) is 5.08. The molecule has 0 saturated heterocycles. The van der Waals surface area contributed by atoms with E-state index in [1.807, 2.05) is 18.3 Å². The lowest BCUT2D eigenvalue weighted by atomic mass is 10.2. The second-order valence-electron chi connectivity index (χ2n) is 4.67. The van der Waals surface area contributed by atoms with Crippen LogP contribution in [0.5, 0.6) is 0 Å². The normalized spacial score (nSPS) is 10.4. The number of amides is 1. The largest absolute Gasteiger partial charge is 0.348 e. The number of carbonyl (C=O) groups excluding carboxylic acids is 1. The van der Waals surface area contributed by atoms with Crippen LogP contribution >= 0.6 is 0 Å². The molecule has 0 aliphatic rings. The molecule has 0 spiro atoms. The summed E-state index contributed by atoms with van der Waals surface area (Å²) in [6.45, 7) is 2.07. The Labute approximate surface area is 108 Å². The number of carbonyl (C=O) groups is 1. The van der Waals surface area contributed by atoms with Crippen molar-refractivity contribution in [2.24, 2.45) is 0 Å². The van der Waals surface area contributed by atoms with Crippen molar-refractivity contribution in [1.29, 1.82) is 0 Å². The third-order valence-electron chi connectivity index (χ3n) is 2.98. The Hall–Kier alpha value is -2.03. The SMILES string of the molecule is Cc1ccc(-n2cccc2CC(=O)N(C)C)cc1. The van der Waals surface area contributed by atoms with Crippen LogP contribution in [-0.2, 0) is 11.2 Å². The molecule has 0 radical (unpaired) electrons. The van der Waals surface area contributed by atoms with Gasteiger partial charge in [0.15, 0.2) is 0 Å². The van der Waals surface area contributed by atoms with Gasteiger partial charge in [-0.3, -0.25) is 4.79 Å². The molecular formula is C15H18N2O. The molecule has 1 aromatic carbocycles. The van der Waals surface area contributed by atoms with Crippen molar-refractivity contribution in [1.82, 2.24) is 9.47 Å². The maximum absolute atomic E-state index is 11.8. The summed E-state index contributed by atoms with van der Waals surface area (Å²) in [5.74, 6) is 0.113. The number of aromatic nitrogens is 1. The van der Waals surface area contributed by atoms with Crippen LogP contribution in [0.25, 0.3) is 5.69 Å². The molecule has 0 aliphatic heterocycles. The van der Waals surface area contributed by atoms with E-state index in [4.69, 9.17) is 0 Å². The molecule has 0 fully saturated rings. The third-order valence-corrected chi connectivity index (χ3v) is 2.98. The topological polar surface area (TPSA) is 25.2 Å². The lowest BCUT2D eigenvalue weighted by Crippen LogP contribution is -2.24. The zero-order valence-electron chi connectivity index (χ0n) is 11.1. The molecule has 0 aliphatic carbocycles. The van der Waals surface area contributed by atoms with E-state index in [1.54, 1.807) is 19.0 Å². The van der Waals surface area contributed by atoms with Gasteiger partial charge >= 0.3 is 0 Å². The van der Waals surface area contributed by atoms with Crippen molar-refractivity contribution in [2.45, 2.75) is 13.3 Å². The van der Waals surface area contributed by atoms with E-state index < -0.39 is 0 Å². The molecule has 18 heavy (non-hydrogen) atoms. The van der Waals surface area contributed by atoms with Crippen LogP contribution in [0.2, 0.25) is 0 Å². The van der Waals surface area contributed by atoms with Crippen molar-refractivity contribution in [3.05, 3.63) is 53.9 Å². The summed E-state index contributed by atoms with van der Waals surface area (Å²) in [5.41, 5.74) is 3.33. The fraction of sp³-hybridized carbons (Fsp3) is 0.267. The highest BCUT2D eigenvalue weighted by Gasteiger charge is 2.09. The van der Waals surface area contributed by atoms with Crippen LogP contribution in [0.3, 0.4) is 0 Å². The molecule has 1 aromatic heterocycles. The van der Waals surface area contributed by atoms with Gasteiger partial charge in [-0.05, 0) is 31.2 Å². The van der Waals surface area contributed by atoms with Crippen molar-refractivity contribution in [3.8, 4) is 5.69 Å². The molecule has 3 nitrogen and oxygen atoms in total. The predicted octanol–water partition coefficient (Wildman–Crippen LogP) is 2.42. The highest BCUT2D eigenvalue weighted by atomic mass is 16.2. The van der Waals surface area contributed by atoms with E-state index >= 15 is 0 Å². The fourth-order valence-corrected chi connectivity index (χ4v) is 1.83. The highest BCUT2D eigenvalue weighted by molar-refractivity contribution is 5.78. The summed E-state index contributed by atoms with van der Waals surface area (Å²) in [4.78, 5) is 13.4. The van der Waals surface area contributed by atoms with Gasteiger partial charge in [0.25, 0.3) is 0 Å². The summed E-state index contributed by atoms with van der Waals surface area (Å²) in [6.07, 6.45) is 2.41. The standard InChI is InChI=1S/C15H18N2O/c1-12-6-8-13(9-7-12)17-10-4-5-14(17)11-15(18)16(2)3/h4-10H,11H2,1-3H3. The van der Waals surface area contributed by atoms with Gasteiger partial charge in [-0.15, -0.1) is 0 Å². The molecule has 94 valence electrons. The van der Waals surface area contributed by atoms with E-state index in [-0.39, 0.29) is 5.91 Å². The zero-order chi connectivity index (χ0) is 13.1. The first kappa shape index (κ1) is 12.4. The summed E-state index contributed by atoms with van der Waals surface area (Å²) in [7, 11) is 3.56. The Balaban J connectivity index is 2.27. The minimum absolute atomic E-state index is 0.113. The lowest BCUT2D eigenvalue weighted by Gasteiger charge is -2.13. The summed E-state index contributed by atoms with van der Waals surface area (Å²) < 4.78 is 2.06. The van der Waals surface area contributed by atoms with E-state index in [9.17, 15) is 4.79 Å². The first-order valence-corrected chi connectivity index (χ1v) is 6.01. The monoisotopic (exact) mass is 242 g/mol. The molecule has 2 aromatic rings. The molecule has 1 amide bonds. The lowest BCUT2D eigenvalue weighted by molar-refractivity contribution is -0.128. The van der Waals surface area contributed by atoms with Crippen molar-refractivity contribution < 1.29 is 4.79 Å². The molecule has 1 heterocycles. The molecule has 3 heteroatoms. The molecule has 0 saturated carbocycles. The molecule has 0 N–H and O–H groups in total. The van der Waals surface area contributed by atoms with Gasteiger partial charge < -0.3 is 9.47 Å². The average Bonchev–Trinajstić information content (AvgIpc) is 2.78. The van der Waals surface area contributed by atoms with Crippen LogP contribution in [-0.4, -0.2) is 29.5 Å². The van der Waals surface area contributed by atoms with Gasteiger partial charge in [0.2, 0.25) is 5.91 Å². The number of rotatable bonds is 3. The molecule has 0 bridgehead atoms. The number of hydrogen-bond donors (Lipinski definition) is 0. The maximum Gasteiger partial charge on any atom is 0.228 e. The fourth-order valence-electron chi connectivity index (χ4n) is 1.83. The van der Waals surface area contributed by atoms with E-state index in [2.05, 4.69) is 35.8 Å². The van der Waals surface area contributed by atoms with Gasteiger partial charge in [0.1, 0.15) is 0 Å². The van der Waals surface area contributed by atoms with Gasteiger partial charge in [0.05, 0.1) is 6.42 Å². The molecule has 0 unspecified atom stereocenters. The van der Waals surface area contributed by atoms with Crippen molar-refractivity contribution in [3.63, 3.8) is 0 Å². The number of benzene rings is 1.